The molecule has 0 unspecified atom stereocenters. The van der Waals surface area contributed by atoms with Gasteiger partial charge in [0.2, 0.25) is 0 Å². The van der Waals surface area contributed by atoms with Gasteiger partial charge in [-0.05, 0) is 59.5 Å². The van der Waals surface area contributed by atoms with Crippen LogP contribution in [0.5, 0.6) is 0 Å². The molecule has 0 aliphatic heterocycles. The van der Waals surface area contributed by atoms with Crippen molar-refractivity contribution in [1.82, 2.24) is 30.5 Å². The van der Waals surface area contributed by atoms with E-state index in [2.05, 4.69) is 105 Å². The van der Waals surface area contributed by atoms with E-state index in [0.717, 1.165) is 67.7 Å². The van der Waals surface area contributed by atoms with Crippen LogP contribution in [0.1, 0.15) is 18.2 Å². The smallest absolute Gasteiger partial charge is 0.116 e. The lowest BCUT2D eigenvalue weighted by molar-refractivity contribution is 0.747. The van der Waals surface area contributed by atoms with E-state index in [1.54, 1.807) is 6.20 Å². The molecule has 3 N–H and O–H groups in total. The van der Waals surface area contributed by atoms with Gasteiger partial charge >= 0.3 is 0 Å². The molecule has 2 aromatic carbocycles. The number of fused-ring (bicyclic) bond motifs is 2. The van der Waals surface area contributed by atoms with Crippen molar-refractivity contribution in [2.75, 3.05) is 6.54 Å². The molecule has 0 bridgehead atoms. The fourth-order valence-corrected chi connectivity index (χ4v) is 4.97. The Morgan fingerprint density at radius 2 is 1.85 bits per heavy atom. The van der Waals surface area contributed by atoms with Gasteiger partial charge in [-0.25, -0.2) is 0 Å². The van der Waals surface area contributed by atoms with Gasteiger partial charge in [0.15, 0.2) is 0 Å². The fourth-order valence-electron chi connectivity index (χ4n) is 4.97. The Morgan fingerprint density at radius 3 is 2.65 bits per heavy atom. The number of nitrogens with one attached hydrogen (secondary N) is 3. The minimum absolute atomic E-state index is 0.712. The summed E-state index contributed by atoms with van der Waals surface area (Å²) in [5, 5.41) is 13.5. The number of hydrogen-bond acceptors (Lipinski definition) is 4. The van der Waals surface area contributed by atoms with Crippen LogP contribution in [0.4, 0.5) is 0 Å². The van der Waals surface area contributed by atoms with Crippen molar-refractivity contribution in [2.24, 2.45) is 0 Å². The van der Waals surface area contributed by atoms with Gasteiger partial charge in [-0.2, -0.15) is 5.10 Å². The van der Waals surface area contributed by atoms with E-state index in [-0.39, 0.29) is 0 Å². The van der Waals surface area contributed by atoms with Gasteiger partial charge in [0.05, 0.1) is 23.1 Å². The van der Waals surface area contributed by atoms with Crippen LogP contribution in [0.15, 0.2) is 122 Å². The first-order valence-electron chi connectivity index (χ1n) is 13.3. The average molecular weight is 523 g/mol. The second kappa shape index (κ2) is 11.4. The molecule has 0 saturated carbocycles. The summed E-state index contributed by atoms with van der Waals surface area (Å²) in [4.78, 5) is 12.6. The van der Waals surface area contributed by atoms with E-state index in [4.69, 9.17) is 4.98 Å². The minimum Gasteiger partial charge on any atom is -0.353 e. The molecule has 0 radical (unpaired) electrons. The van der Waals surface area contributed by atoms with E-state index < -0.39 is 0 Å². The van der Waals surface area contributed by atoms with E-state index in [1.165, 1.54) is 5.56 Å². The van der Waals surface area contributed by atoms with E-state index >= 15 is 0 Å². The van der Waals surface area contributed by atoms with Gasteiger partial charge < -0.3 is 10.3 Å². The molecule has 0 amide bonds. The number of H-pyrrole nitrogens is 2. The van der Waals surface area contributed by atoms with Gasteiger partial charge in [-0.15, -0.1) is 0 Å². The third kappa shape index (κ3) is 5.13. The maximum Gasteiger partial charge on any atom is 0.116 e. The van der Waals surface area contributed by atoms with Crippen molar-refractivity contribution < 1.29 is 0 Å². The molecule has 4 aromatic heterocycles. The predicted molar refractivity (Wildman–Crippen MR) is 164 cm³/mol. The van der Waals surface area contributed by atoms with Crippen LogP contribution in [0, 0.1) is 0 Å². The SMILES string of the molecule is C=C/C(=C\C(=C/C)c1cc2c(-c3cc4c(-c5cccnc5)cccc4[nH]3)n[nH]c2cn1)CNCc1ccccc1. The number of aromatic amines is 2. The molecule has 6 heteroatoms. The van der Waals surface area contributed by atoms with Crippen LogP contribution in [0.2, 0.25) is 0 Å². The highest BCUT2D eigenvalue weighted by Crippen LogP contribution is 2.34. The summed E-state index contributed by atoms with van der Waals surface area (Å²) in [6.07, 6.45) is 11.7. The zero-order chi connectivity index (χ0) is 27.3. The van der Waals surface area contributed by atoms with Crippen molar-refractivity contribution in [1.29, 1.82) is 0 Å². The van der Waals surface area contributed by atoms with Crippen molar-refractivity contribution in [2.45, 2.75) is 13.5 Å². The summed E-state index contributed by atoms with van der Waals surface area (Å²) in [5.41, 5.74) is 10.2. The van der Waals surface area contributed by atoms with Crippen LogP contribution in [0.25, 0.3) is 49.9 Å². The standard InChI is InChI=1S/C34H30N6/c1-3-23(19-36-20-24-10-6-5-7-11-24)16-25(4-2)31-18-29-33(22-37-31)39-40-34(29)32-17-28-27(13-8-14-30(28)38-32)26-12-9-15-35-21-26/h3-18,21-22,36,38H,1,19-20H2,2H3,(H,39,40)/b23-16+,25-4+. The van der Waals surface area contributed by atoms with Crippen LogP contribution < -0.4 is 5.32 Å². The monoisotopic (exact) mass is 522 g/mol. The summed E-state index contributed by atoms with van der Waals surface area (Å²) in [5.74, 6) is 0. The second-order valence-electron chi connectivity index (χ2n) is 9.64. The molecular formula is C34H30N6. The van der Waals surface area contributed by atoms with Gasteiger partial charge in [0.1, 0.15) is 5.69 Å². The fraction of sp³-hybridized carbons (Fsp3) is 0.0882. The molecule has 0 atom stereocenters. The topological polar surface area (TPSA) is 82.3 Å². The average Bonchev–Trinajstić information content (AvgIpc) is 3.63. The number of aromatic nitrogens is 5. The van der Waals surface area contributed by atoms with Gasteiger partial charge in [0, 0.05) is 47.3 Å². The second-order valence-corrected chi connectivity index (χ2v) is 9.64. The number of nitrogens with zero attached hydrogens (tertiary/aromatic N) is 3. The Hall–Kier alpha value is -5.07. The summed E-state index contributed by atoms with van der Waals surface area (Å²) >= 11 is 0. The predicted octanol–water partition coefficient (Wildman–Crippen LogP) is 7.47. The molecule has 196 valence electrons. The lowest BCUT2D eigenvalue weighted by atomic mass is 10.0. The third-order valence-corrected chi connectivity index (χ3v) is 7.05. The first-order chi connectivity index (χ1) is 19.7. The highest BCUT2D eigenvalue weighted by atomic mass is 15.1. The molecule has 0 spiro atoms. The van der Waals surface area contributed by atoms with Crippen LogP contribution in [-0.2, 0) is 6.54 Å². The highest BCUT2D eigenvalue weighted by molar-refractivity contribution is 6.01. The number of hydrogen-bond donors (Lipinski definition) is 3. The van der Waals surface area contributed by atoms with Gasteiger partial charge in [0.25, 0.3) is 0 Å². The molecule has 6 nitrogen and oxygen atoms in total. The first kappa shape index (κ1) is 25.2. The Morgan fingerprint density at radius 1 is 0.950 bits per heavy atom. The number of benzene rings is 2. The van der Waals surface area contributed by atoms with E-state index in [9.17, 15) is 0 Å². The van der Waals surface area contributed by atoms with Gasteiger partial charge in [-0.3, -0.25) is 15.1 Å². The van der Waals surface area contributed by atoms with E-state index in [1.807, 2.05) is 37.5 Å². The van der Waals surface area contributed by atoms with Crippen molar-refractivity contribution >= 4 is 27.4 Å². The molecule has 4 heterocycles. The quantitative estimate of drug-likeness (QED) is 0.172. The number of allylic oxidation sites excluding steroid dienone is 3. The van der Waals surface area contributed by atoms with Crippen LogP contribution in [0.3, 0.4) is 0 Å². The number of rotatable bonds is 9. The molecule has 6 rings (SSSR count). The summed E-state index contributed by atoms with van der Waals surface area (Å²) < 4.78 is 0. The van der Waals surface area contributed by atoms with Crippen LogP contribution >= 0.6 is 0 Å². The highest BCUT2D eigenvalue weighted by Gasteiger charge is 2.15. The lowest BCUT2D eigenvalue weighted by Crippen LogP contribution is -2.16. The zero-order valence-electron chi connectivity index (χ0n) is 22.4. The molecule has 0 fully saturated rings. The minimum atomic E-state index is 0.712. The summed E-state index contributed by atoms with van der Waals surface area (Å²) in [6, 6.07) is 25.0. The maximum absolute atomic E-state index is 4.74. The van der Waals surface area contributed by atoms with Crippen molar-refractivity contribution in [3.8, 4) is 22.5 Å². The normalized spacial score (nSPS) is 12.3. The largest absolute Gasteiger partial charge is 0.353 e. The van der Waals surface area contributed by atoms with Crippen LogP contribution in [-0.4, -0.2) is 31.7 Å². The summed E-state index contributed by atoms with van der Waals surface area (Å²) in [6.45, 7) is 7.58. The Kier molecular flexibility index (Phi) is 7.16. The van der Waals surface area contributed by atoms with Crippen molar-refractivity contribution in [3.05, 3.63) is 133 Å². The molecule has 0 aliphatic rings. The molecule has 6 aromatic rings. The Bertz CT molecular complexity index is 1840. The number of pyridine rings is 2. The first-order valence-corrected chi connectivity index (χ1v) is 13.3. The third-order valence-electron chi connectivity index (χ3n) is 7.05. The molecule has 40 heavy (non-hydrogen) atoms. The Balaban J connectivity index is 1.31. The zero-order valence-corrected chi connectivity index (χ0v) is 22.4. The van der Waals surface area contributed by atoms with Gasteiger partial charge in [-0.1, -0.05) is 67.3 Å². The Labute approximate surface area is 233 Å². The van der Waals surface area contributed by atoms with E-state index in [0.29, 0.717) is 6.54 Å². The maximum atomic E-state index is 4.74. The molecule has 0 aliphatic carbocycles. The molecular weight excluding hydrogens is 492 g/mol. The van der Waals surface area contributed by atoms with Crippen molar-refractivity contribution in [3.63, 3.8) is 0 Å². The lowest BCUT2D eigenvalue weighted by Gasteiger charge is -2.08. The molecule has 0 saturated heterocycles. The summed E-state index contributed by atoms with van der Waals surface area (Å²) in [7, 11) is 0.